The summed E-state index contributed by atoms with van der Waals surface area (Å²) in [7, 11) is 4.84. The maximum atomic E-state index is 13.5. The van der Waals surface area contributed by atoms with Crippen LogP contribution in [0.2, 0.25) is 0 Å². The van der Waals surface area contributed by atoms with Crippen molar-refractivity contribution in [3.05, 3.63) is 108 Å². The van der Waals surface area contributed by atoms with Gasteiger partial charge in [0, 0.05) is 25.4 Å². The van der Waals surface area contributed by atoms with Gasteiger partial charge in [-0.05, 0) is 54.3 Å². The van der Waals surface area contributed by atoms with Crippen molar-refractivity contribution in [3.8, 4) is 11.5 Å². The molecule has 0 bridgehead atoms. The predicted octanol–water partition coefficient (Wildman–Crippen LogP) is 7.47. The van der Waals surface area contributed by atoms with Crippen LogP contribution in [0.4, 0.5) is 0 Å². The van der Waals surface area contributed by atoms with Crippen LogP contribution in [-0.2, 0) is 48.3 Å². The second-order valence-electron chi connectivity index (χ2n) is 12.4. The van der Waals surface area contributed by atoms with Crippen LogP contribution in [0, 0.1) is 5.41 Å². The third-order valence-electron chi connectivity index (χ3n) is 8.70. The summed E-state index contributed by atoms with van der Waals surface area (Å²) in [6, 6.07) is 25.7. The Kier molecular flexibility index (Phi) is 13.6. The number of hydrogen-bond acceptors (Lipinski definition) is 8. The molecule has 254 valence electrons. The number of ketones is 1. The van der Waals surface area contributed by atoms with E-state index >= 15 is 0 Å². The van der Waals surface area contributed by atoms with E-state index in [0.717, 1.165) is 28.2 Å². The zero-order valence-corrected chi connectivity index (χ0v) is 28.6. The van der Waals surface area contributed by atoms with Crippen molar-refractivity contribution in [2.24, 2.45) is 5.41 Å². The van der Waals surface area contributed by atoms with E-state index < -0.39 is 11.2 Å². The van der Waals surface area contributed by atoms with Gasteiger partial charge >= 0.3 is 0 Å². The first-order valence-electron chi connectivity index (χ1n) is 16.2. The molecule has 0 aliphatic carbocycles. The van der Waals surface area contributed by atoms with Crippen LogP contribution >= 0.6 is 0 Å². The molecule has 0 amide bonds. The Morgan fingerprint density at radius 3 is 2.00 bits per heavy atom. The molecule has 0 saturated carbocycles. The first kappa shape index (κ1) is 36.3. The maximum Gasteiger partial charge on any atom is 0.237 e. The summed E-state index contributed by atoms with van der Waals surface area (Å²) in [4.78, 5) is 13.5. The minimum absolute atomic E-state index is 0.0749. The monoisotopic (exact) mass is 646 g/mol. The number of carbonyl (C=O) groups excluding carboxylic acids is 1. The lowest BCUT2D eigenvalue weighted by atomic mass is 9.77. The van der Waals surface area contributed by atoms with Gasteiger partial charge in [-0.1, -0.05) is 80.6 Å². The summed E-state index contributed by atoms with van der Waals surface area (Å²) < 4.78 is 41.8. The fourth-order valence-corrected chi connectivity index (χ4v) is 5.83. The molecule has 1 aliphatic rings. The molecule has 0 spiro atoms. The van der Waals surface area contributed by atoms with Crippen molar-refractivity contribution in [3.63, 3.8) is 0 Å². The van der Waals surface area contributed by atoms with Crippen LogP contribution in [0.25, 0.3) is 0 Å². The largest absolute Gasteiger partial charge is 0.497 e. The van der Waals surface area contributed by atoms with E-state index in [1.165, 1.54) is 0 Å². The molecule has 1 saturated heterocycles. The lowest BCUT2D eigenvalue weighted by Crippen LogP contribution is -2.59. The number of hydrogen-bond donors (Lipinski definition) is 0. The van der Waals surface area contributed by atoms with Gasteiger partial charge in [-0.25, -0.2) is 0 Å². The lowest BCUT2D eigenvalue weighted by molar-refractivity contribution is -0.286. The second kappa shape index (κ2) is 17.6. The number of benzene rings is 3. The molecule has 1 aliphatic heterocycles. The summed E-state index contributed by atoms with van der Waals surface area (Å²) in [5.41, 5.74) is 2.40. The van der Waals surface area contributed by atoms with Gasteiger partial charge in [0.05, 0.1) is 59.0 Å². The highest BCUT2D eigenvalue weighted by Crippen LogP contribution is 2.43. The van der Waals surface area contributed by atoms with Gasteiger partial charge in [0.25, 0.3) is 0 Å². The molecule has 0 aromatic heterocycles. The number of rotatable bonds is 18. The van der Waals surface area contributed by atoms with Gasteiger partial charge in [-0.3, -0.25) is 4.79 Å². The zero-order chi connectivity index (χ0) is 33.7. The molecule has 1 heterocycles. The van der Waals surface area contributed by atoms with Crippen LogP contribution in [0.15, 0.2) is 91.0 Å². The quantitative estimate of drug-likeness (QED) is 0.104. The average molecular weight is 647 g/mol. The van der Waals surface area contributed by atoms with Crippen LogP contribution in [0.1, 0.15) is 56.7 Å². The van der Waals surface area contributed by atoms with E-state index in [-0.39, 0.29) is 24.1 Å². The third-order valence-corrected chi connectivity index (χ3v) is 8.70. The van der Waals surface area contributed by atoms with Gasteiger partial charge in [0.2, 0.25) is 5.79 Å². The molecule has 4 rings (SSSR count). The molecule has 47 heavy (non-hydrogen) atoms. The Hall–Kier alpha value is -3.53. The average Bonchev–Trinajstić information content (AvgIpc) is 3.10. The fraction of sp³-hybridized carbons (Fsp3) is 0.462. The summed E-state index contributed by atoms with van der Waals surface area (Å²) in [5, 5.41) is 0. The molecule has 1 fully saturated rings. The molecule has 3 aromatic carbocycles. The molecule has 4 atom stereocenters. The number of ether oxygens (including phenoxy) is 7. The predicted molar refractivity (Wildman–Crippen MR) is 181 cm³/mol. The highest BCUT2D eigenvalue weighted by molar-refractivity contribution is 5.87. The molecular formula is C39H50O8. The van der Waals surface area contributed by atoms with Crippen molar-refractivity contribution in [1.82, 2.24) is 0 Å². The molecular weight excluding hydrogens is 596 g/mol. The summed E-state index contributed by atoms with van der Waals surface area (Å²) >= 11 is 0. The Balaban J connectivity index is 1.42. The molecule has 8 heteroatoms. The Labute approximate surface area is 279 Å². The molecule has 2 unspecified atom stereocenters. The Morgan fingerprint density at radius 2 is 1.40 bits per heavy atom. The minimum atomic E-state index is -1.45. The van der Waals surface area contributed by atoms with Crippen molar-refractivity contribution in [1.29, 1.82) is 0 Å². The van der Waals surface area contributed by atoms with Crippen molar-refractivity contribution in [2.45, 2.75) is 84.0 Å². The van der Waals surface area contributed by atoms with Gasteiger partial charge in [0.1, 0.15) is 11.5 Å². The van der Waals surface area contributed by atoms with Gasteiger partial charge < -0.3 is 33.2 Å². The summed E-state index contributed by atoms with van der Waals surface area (Å²) in [6.45, 7) is 7.65. The summed E-state index contributed by atoms with van der Waals surface area (Å²) in [5.74, 6) is 0.0764. The normalized spacial score (nSPS) is 19.9. The minimum Gasteiger partial charge on any atom is -0.497 e. The number of Topliss-reactive ketones (excluding diaryl/α,β-unsaturated/α-hetero) is 1. The van der Waals surface area contributed by atoms with Crippen LogP contribution in [0.5, 0.6) is 11.5 Å². The van der Waals surface area contributed by atoms with Crippen LogP contribution in [0.3, 0.4) is 0 Å². The Morgan fingerprint density at radius 1 is 0.830 bits per heavy atom. The van der Waals surface area contributed by atoms with Crippen LogP contribution < -0.4 is 9.47 Å². The summed E-state index contributed by atoms with van der Waals surface area (Å²) in [6.07, 6.45) is 4.52. The SMILES string of the molecule is COc1ccc(COC/C=C/C(C)(C)[C@]2(OC)O[C@H](CC(OCc3ccc(OC)cc3)C(C)OCc3ccccc3)CCC2=O)cc1. The van der Waals surface area contributed by atoms with E-state index in [2.05, 4.69) is 0 Å². The van der Waals surface area contributed by atoms with Crippen LogP contribution in [-0.4, -0.2) is 57.8 Å². The standard InChI is InChI=1S/C39H50O8/c1-29(45-27-30-11-8-7-9-12-30)36(46-28-32-15-19-34(42-5)20-16-32)25-35-21-22-37(40)39(43-6,47-35)38(2,3)23-10-24-44-26-31-13-17-33(41-4)18-14-31/h7-20,23,29,35-36H,21-22,24-28H2,1-6H3/b23-10+/t29?,35-,36?,39+/m0/s1. The van der Waals surface area contributed by atoms with Gasteiger partial charge in [0.15, 0.2) is 5.78 Å². The van der Waals surface area contributed by atoms with Crippen molar-refractivity contribution < 1.29 is 38.0 Å². The molecule has 8 nitrogen and oxygen atoms in total. The van der Waals surface area contributed by atoms with Gasteiger partial charge in [-0.2, -0.15) is 0 Å². The second-order valence-corrected chi connectivity index (χ2v) is 12.4. The lowest BCUT2D eigenvalue weighted by Gasteiger charge is -2.47. The zero-order valence-electron chi connectivity index (χ0n) is 28.6. The van der Waals surface area contributed by atoms with Crippen molar-refractivity contribution in [2.75, 3.05) is 27.9 Å². The number of methoxy groups -OCH3 is 3. The van der Waals surface area contributed by atoms with E-state index in [1.807, 2.05) is 112 Å². The molecule has 0 N–H and O–H groups in total. The molecule has 0 radical (unpaired) electrons. The highest BCUT2D eigenvalue weighted by Gasteiger charge is 2.55. The highest BCUT2D eigenvalue weighted by atomic mass is 16.7. The molecule has 3 aromatic rings. The third kappa shape index (κ3) is 9.98. The van der Waals surface area contributed by atoms with E-state index in [0.29, 0.717) is 45.7 Å². The van der Waals surface area contributed by atoms with E-state index in [1.54, 1.807) is 21.3 Å². The van der Waals surface area contributed by atoms with E-state index in [4.69, 9.17) is 33.2 Å². The number of carbonyl (C=O) groups is 1. The van der Waals surface area contributed by atoms with Crippen molar-refractivity contribution >= 4 is 5.78 Å². The van der Waals surface area contributed by atoms with E-state index in [9.17, 15) is 4.79 Å². The first-order valence-corrected chi connectivity index (χ1v) is 16.2. The maximum absolute atomic E-state index is 13.5. The Bertz CT molecular complexity index is 1390. The smallest absolute Gasteiger partial charge is 0.237 e. The van der Waals surface area contributed by atoms with Gasteiger partial charge in [-0.15, -0.1) is 0 Å². The fourth-order valence-electron chi connectivity index (χ4n) is 5.83. The topological polar surface area (TPSA) is 81.7 Å². The first-order chi connectivity index (χ1) is 22.7.